The van der Waals surface area contributed by atoms with Gasteiger partial charge in [0.15, 0.2) is 0 Å². The first-order valence-electron chi connectivity index (χ1n) is 5.82. The van der Waals surface area contributed by atoms with Gasteiger partial charge in [0.2, 0.25) is 0 Å². The number of halogens is 3. The normalized spacial score (nSPS) is 13.9. The smallest absolute Gasteiger partial charge is 0.377 e. The van der Waals surface area contributed by atoms with Gasteiger partial charge in [-0.2, -0.15) is 13.2 Å². The van der Waals surface area contributed by atoms with E-state index in [1.807, 2.05) is 13.8 Å². The van der Waals surface area contributed by atoms with Crippen LogP contribution in [0.3, 0.4) is 0 Å². The average molecular weight is 261 g/mol. The minimum atomic E-state index is -4.31. The van der Waals surface area contributed by atoms with Crippen molar-refractivity contribution >= 4 is 0 Å². The molecule has 0 aliphatic heterocycles. The molecule has 102 valence electrons. The van der Waals surface area contributed by atoms with Gasteiger partial charge in [-0.25, -0.2) is 0 Å². The standard InChI is InChI=1S/C13H18F3NO/c1-9(2)18-8-12(17)7-10-4-3-5-11(6-10)13(14,15)16/h3-6,9,12H,7-8,17H2,1-2H3. The van der Waals surface area contributed by atoms with E-state index >= 15 is 0 Å². The number of benzene rings is 1. The number of ether oxygens (including phenoxy) is 1. The van der Waals surface area contributed by atoms with E-state index in [1.54, 1.807) is 6.07 Å². The van der Waals surface area contributed by atoms with Crippen molar-refractivity contribution in [2.75, 3.05) is 6.61 Å². The summed E-state index contributed by atoms with van der Waals surface area (Å²) in [6.07, 6.45) is -3.87. The molecular weight excluding hydrogens is 243 g/mol. The van der Waals surface area contributed by atoms with E-state index in [0.717, 1.165) is 12.1 Å². The van der Waals surface area contributed by atoms with Crippen LogP contribution in [-0.4, -0.2) is 18.8 Å². The average Bonchev–Trinajstić information content (AvgIpc) is 2.25. The second-order valence-electron chi connectivity index (χ2n) is 4.54. The van der Waals surface area contributed by atoms with Crippen molar-refractivity contribution < 1.29 is 17.9 Å². The van der Waals surface area contributed by atoms with Crippen molar-refractivity contribution in [2.24, 2.45) is 5.73 Å². The van der Waals surface area contributed by atoms with Gasteiger partial charge in [-0.3, -0.25) is 0 Å². The van der Waals surface area contributed by atoms with Crippen LogP contribution in [0, 0.1) is 0 Å². The molecule has 1 unspecified atom stereocenters. The van der Waals surface area contributed by atoms with Crippen molar-refractivity contribution in [3.05, 3.63) is 35.4 Å². The van der Waals surface area contributed by atoms with Crippen molar-refractivity contribution in [2.45, 2.75) is 38.6 Å². The second-order valence-corrected chi connectivity index (χ2v) is 4.54. The highest BCUT2D eigenvalue weighted by molar-refractivity contribution is 5.26. The van der Waals surface area contributed by atoms with Crippen LogP contribution in [0.5, 0.6) is 0 Å². The maximum Gasteiger partial charge on any atom is 0.416 e. The van der Waals surface area contributed by atoms with Crippen molar-refractivity contribution in [3.63, 3.8) is 0 Å². The summed E-state index contributed by atoms with van der Waals surface area (Å²) in [7, 11) is 0. The number of rotatable bonds is 5. The molecule has 1 aromatic rings. The molecule has 1 rings (SSSR count). The lowest BCUT2D eigenvalue weighted by atomic mass is 10.0. The summed E-state index contributed by atoms with van der Waals surface area (Å²) in [6, 6.07) is 4.93. The molecule has 18 heavy (non-hydrogen) atoms. The molecule has 2 nitrogen and oxygen atoms in total. The Morgan fingerprint density at radius 3 is 2.50 bits per heavy atom. The zero-order valence-corrected chi connectivity index (χ0v) is 10.5. The number of hydrogen-bond acceptors (Lipinski definition) is 2. The van der Waals surface area contributed by atoms with Crippen LogP contribution in [0.4, 0.5) is 13.2 Å². The fraction of sp³-hybridized carbons (Fsp3) is 0.538. The lowest BCUT2D eigenvalue weighted by Crippen LogP contribution is -2.30. The molecule has 0 aromatic heterocycles. The minimum absolute atomic E-state index is 0.0672. The Kier molecular flexibility index (Phi) is 5.16. The second kappa shape index (κ2) is 6.20. The van der Waals surface area contributed by atoms with Crippen LogP contribution < -0.4 is 5.73 Å². The van der Waals surface area contributed by atoms with E-state index in [0.29, 0.717) is 18.6 Å². The van der Waals surface area contributed by atoms with E-state index in [2.05, 4.69) is 0 Å². The Balaban J connectivity index is 2.62. The van der Waals surface area contributed by atoms with Gasteiger partial charge >= 0.3 is 6.18 Å². The SMILES string of the molecule is CC(C)OCC(N)Cc1cccc(C(F)(F)F)c1. The van der Waals surface area contributed by atoms with Gasteiger partial charge in [0, 0.05) is 6.04 Å². The molecule has 0 heterocycles. The number of alkyl halides is 3. The van der Waals surface area contributed by atoms with Gasteiger partial charge in [0.1, 0.15) is 0 Å². The molecular formula is C13H18F3NO. The molecule has 1 atom stereocenters. The Labute approximate surface area is 105 Å². The summed E-state index contributed by atoms with van der Waals surface area (Å²) in [4.78, 5) is 0. The van der Waals surface area contributed by atoms with E-state index in [9.17, 15) is 13.2 Å². The summed E-state index contributed by atoms with van der Waals surface area (Å²) < 4.78 is 42.8. The highest BCUT2D eigenvalue weighted by atomic mass is 19.4. The van der Waals surface area contributed by atoms with Crippen LogP contribution in [0.15, 0.2) is 24.3 Å². The molecule has 0 aliphatic rings. The highest BCUT2D eigenvalue weighted by Gasteiger charge is 2.30. The van der Waals surface area contributed by atoms with Crippen LogP contribution in [0.1, 0.15) is 25.0 Å². The monoisotopic (exact) mass is 261 g/mol. The molecule has 1 aromatic carbocycles. The van der Waals surface area contributed by atoms with Gasteiger partial charge in [-0.15, -0.1) is 0 Å². The zero-order chi connectivity index (χ0) is 13.8. The van der Waals surface area contributed by atoms with Crippen molar-refractivity contribution in [1.29, 1.82) is 0 Å². The molecule has 0 radical (unpaired) electrons. The summed E-state index contributed by atoms with van der Waals surface area (Å²) in [5.74, 6) is 0. The fourth-order valence-electron chi connectivity index (χ4n) is 1.55. The van der Waals surface area contributed by atoms with Crippen LogP contribution in [-0.2, 0) is 17.3 Å². The van der Waals surface area contributed by atoms with Crippen LogP contribution >= 0.6 is 0 Å². The van der Waals surface area contributed by atoms with Crippen LogP contribution in [0.25, 0.3) is 0 Å². The highest BCUT2D eigenvalue weighted by Crippen LogP contribution is 2.29. The lowest BCUT2D eigenvalue weighted by molar-refractivity contribution is -0.137. The van der Waals surface area contributed by atoms with E-state index in [-0.39, 0.29) is 12.1 Å². The Bertz CT molecular complexity index is 377. The van der Waals surface area contributed by atoms with E-state index in [1.165, 1.54) is 6.07 Å². The maximum atomic E-state index is 12.5. The van der Waals surface area contributed by atoms with Crippen molar-refractivity contribution in [1.82, 2.24) is 0 Å². The third kappa shape index (κ3) is 5.06. The first kappa shape index (κ1) is 15.0. The quantitative estimate of drug-likeness (QED) is 0.884. The predicted octanol–water partition coefficient (Wildman–Crippen LogP) is 3.00. The molecule has 0 saturated carbocycles. The summed E-state index contributed by atoms with van der Waals surface area (Å²) in [5, 5.41) is 0. The van der Waals surface area contributed by atoms with Crippen molar-refractivity contribution in [3.8, 4) is 0 Å². The maximum absolute atomic E-state index is 12.5. The molecule has 5 heteroatoms. The summed E-state index contributed by atoms with van der Waals surface area (Å²) in [6.45, 7) is 4.11. The topological polar surface area (TPSA) is 35.2 Å². The van der Waals surface area contributed by atoms with Gasteiger partial charge in [-0.1, -0.05) is 18.2 Å². The summed E-state index contributed by atoms with van der Waals surface area (Å²) >= 11 is 0. The first-order valence-corrected chi connectivity index (χ1v) is 5.82. The van der Waals surface area contributed by atoms with Gasteiger partial charge in [-0.05, 0) is 31.9 Å². The Morgan fingerprint density at radius 1 is 1.28 bits per heavy atom. The van der Waals surface area contributed by atoms with E-state index < -0.39 is 11.7 Å². The van der Waals surface area contributed by atoms with Crippen LogP contribution in [0.2, 0.25) is 0 Å². The minimum Gasteiger partial charge on any atom is -0.377 e. The lowest BCUT2D eigenvalue weighted by Gasteiger charge is -2.15. The zero-order valence-electron chi connectivity index (χ0n) is 10.5. The first-order chi connectivity index (χ1) is 8.29. The Hall–Kier alpha value is -1.07. The molecule has 0 amide bonds. The molecule has 0 spiro atoms. The fourth-order valence-corrected chi connectivity index (χ4v) is 1.55. The third-order valence-electron chi connectivity index (χ3n) is 2.40. The number of nitrogens with two attached hydrogens (primary N) is 1. The molecule has 0 aliphatic carbocycles. The van der Waals surface area contributed by atoms with Gasteiger partial charge in [0.05, 0.1) is 18.3 Å². The Morgan fingerprint density at radius 2 is 1.94 bits per heavy atom. The molecule has 0 bridgehead atoms. The molecule has 0 fully saturated rings. The van der Waals surface area contributed by atoms with Gasteiger partial charge in [0.25, 0.3) is 0 Å². The summed E-state index contributed by atoms with van der Waals surface area (Å²) in [5.41, 5.74) is 5.74. The number of hydrogen-bond donors (Lipinski definition) is 1. The van der Waals surface area contributed by atoms with E-state index in [4.69, 9.17) is 10.5 Å². The third-order valence-corrected chi connectivity index (χ3v) is 2.40. The molecule has 0 saturated heterocycles. The molecule has 2 N–H and O–H groups in total. The largest absolute Gasteiger partial charge is 0.416 e. The van der Waals surface area contributed by atoms with Gasteiger partial charge < -0.3 is 10.5 Å². The predicted molar refractivity (Wildman–Crippen MR) is 64.2 cm³/mol.